The highest BCUT2D eigenvalue weighted by atomic mass is 35.5. The highest BCUT2D eigenvalue weighted by Gasteiger charge is 2.31. The van der Waals surface area contributed by atoms with E-state index >= 15 is 0 Å². The lowest BCUT2D eigenvalue weighted by Crippen LogP contribution is -2.45. The normalized spacial score (nSPS) is 12.8. The van der Waals surface area contributed by atoms with Crippen LogP contribution in [-0.4, -0.2) is 46.2 Å². The van der Waals surface area contributed by atoms with Crippen LogP contribution in [0.15, 0.2) is 46.8 Å². The van der Waals surface area contributed by atoms with Gasteiger partial charge in [-0.25, -0.2) is 31.4 Å². The molecule has 0 aliphatic rings. The van der Waals surface area contributed by atoms with Crippen molar-refractivity contribution < 1.29 is 40.3 Å². The summed E-state index contributed by atoms with van der Waals surface area (Å²) in [6.45, 7) is 2.41. The molecule has 4 aromatic rings. The number of nitrogens with one attached hydrogen (secondary N) is 2. The van der Waals surface area contributed by atoms with E-state index in [-0.39, 0.29) is 36.7 Å². The van der Waals surface area contributed by atoms with Crippen LogP contribution < -0.4 is 10.0 Å². The monoisotopic (exact) mass is 623 g/mol. The van der Waals surface area contributed by atoms with Gasteiger partial charge in [-0.15, -0.1) is 11.3 Å². The predicted octanol–water partition coefficient (Wildman–Crippen LogP) is 5.37. The molecule has 1 aromatic carbocycles. The molecule has 9 nitrogen and oxygen atoms in total. The van der Waals surface area contributed by atoms with Crippen LogP contribution in [0.1, 0.15) is 41.9 Å². The Morgan fingerprint density at radius 1 is 1.18 bits per heavy atom. The van der Waals surface area contributed by atoms with Crippen molar-refractivity contribution in [3.05, 3.63) is 63.8 Å². The highest BCUT2D eigenvalue weighted by molar-refractivity contribution is 7.91. The fourth-order valence-corrected chi connectivity index (χ4v) is 6.52. The second-order valence-corrected chi connectivity index (χ2v) is 12.7. The molecule has 0 fully saturated rings. The van der Waals surface area contributed by atoms with Crippen molar-refractivity contribution in [2.24, 2.45) is 0 Å². The summed E-state index contributed by atoms with van der Waals surface area (Å²) < 4.78 is 94.5. The number of rotatable bonds is 8. The van der Waals surface area contributed by atoms with Gasteiger partial charge < -0.3 is 10.4 Å². The number of hydrogen-bond donors (Lipinski definition) is 3. The van der Waals surface area contributed by atoms with E-state index in [1.807, 2.05) is 0 Å². The summed E-state index contributed by atoms with van der Waals surface area (Å²) in [5.41, 5.74) is -3.57. The van der Waals surface area contributed by atoms with Crippen molar-refractivity contribution in [2.45, 2.75) is 36.2 Å². The van der Waals surface area contributed by atoms with E-state index in [1.165, 1.54) is 13.8 Å². The molecule has 214 valence electrons. The molecule has 3 aromatic heterocycles. The van der Waals surface area contributed by atoms with Crippen molar-refractivity contribution >= 4 is 50.2 Å². The number of thiophene rings is 1. The van der Waals surface area contributed by atoms with Gasteiger partial charge in [0.1, 0.15) is 19.8 Å². The molecule has 0 bridgehead atoms. The number of hydrogen-bond acceptors (Lipinski definition) is 7. The van der Waals surface area contributed by atoms with Gasteiger partial charge in [-0.2, -0.15) is 18.3 Å². The quantitative estimate of drug-likeness (QED) is 0.227. The third kappa shape index (κ3) is 6.10. The zero-order valence-corrected chi connectivity index (χ0v) is 22.8. The van der Waals surface area contributed by atoms with Crippen molar-refractivity contribution in [2.75, 3.05) is 11.9 Å². The number of aliphatic hydroxyl groups is 1. The molecule has 40 heavy (non-hydrogen) atoms. The predicted molar refractivity (Wildman–Crippen MR) is 137 cm³/mol. The molecule has 0 saturated carbocycles. The Bertz CT molecular complexity index is 1690. The molecule has 0 saturated heterocycles. The molecule has 3 N–H and O–H groups in total. The first kappa shape index (κ1) is 29.8. The lowest BCUT2D eigenvalue weighted by molar-refractivity contribution is -0.137. The second kappa shape index (κ2) is 10.7. The van der Waals surface area contributed by atoms with E-state index in [1.54, 1.807) is 0 Å². The van der Waals surface area contributed by atoms with Crippen LogP contribution in [-0.2, 0) is 16.2 Å². The number of alkyl halides is 5. The number of nitrogens with zero attached hydrogens (tertiary/aromatic N) is 3. The van der Waals surface area contributed by atoms with Crippen LogP contribution in [0.25, 0.3) is 16.9 Å². The molecular weight excluding hydrogens is 605 g/mol. The number of carbonyl (C=O) groups excluding carboxylic acids is 1. The lowest BCUT2D eigenvalue weighted by atomic mass is 10.1. The maximum absolute atomic E-state index is 13.8. The van der Waals surface area contributed by atoms with E-state index < -0.39 is 51.9 Å². The number of sulfonamides is 1. The van der Waals surface area contributed by atoms with Crippen molar-refractivity contribution in [3.63, 3.8) is 0 Å². The van der Waals surface area contributed by atoms with Crippen LogP contribution >= 0.6 is 22.9 Å². The average Bonchev–Trinajstić information content (AvgIpc) is 3.46. The fourth-order valence-electron chi connectivity index (χ4n) is 3.48. The highest BCUT2D eigenvalue weighted by Crippen LogP contribution is 2.36. The van der Waals surface area contributed by atoms with Gasteiger partial charge in [0.25, 0.3) is 22.4 Å². The van der Waals surface area contributed by atoms with Gasteiger partial charge in [0.15, 0.2) is 5.65 Å². The minimum Gasteiger partial charge on any atom is -0.394 e. The molecule has 0 spiro atoms. The van der Waals surface area contributed by atoms with Crippen LogP contribution in [0.2, 0.25) is 4.34 Å². The maximum atomic E-state index is 13.8. The maximum Gasteiger partial charge on any atom is 0.416 e. The van der Waals surface area contributed by atoms with Crippen molar-refractivity contribution in [1.29, 1.82) is 0 Å². The van der Waals surface area contributed by atoms with Gasteiger partial charge in [-0.1, -0.05) is 23.7 Å². The summed E-state index contributed by atoms with van der Waals surface area (Å²) in [4.78, 5) is 17.3. The molecule has 0 aliphatic carbocycles. The summed E-state index contributed by atoms with van der Waals surface area (Å²) in [5.74, 6) is -0.917. The average molecular weight is 624 g/mol. The Hall–Kier alpha value is -3.18. The third-order valence-electron chi connectivity index (χ3n) is 5.46. The van der Waals surface area contributed by atoms with Crippen molar-refractivity contribution in [3.8, 4) is 11.3 Å². The molecule has 0 unspecified atom stereocenters. The zero-order chi connectivity index (χ0) is 29.6. The lowest BCUT2D eigenvalue weighted by Gasteiger charge is -2.22. The first-order valence-corrected chi connectivity index (χ1v) is 13.8. The zero-order valence-electron chi connectivity index (χ0n) is 20.4. The number of fused-ring (bicyclic) bond motifs is 1. The standard InChI is InChI=1S/C23H19ClF5N5O4S2/c1-22(2,10-35)33-40(37,38)17-8-15(18(24)39-17)32-21(36)13-9-30-34-16(19(25)26)7-14(31-20(13)34)11-3-5-12(6-4-11)23(27,28)29/h3-9,19,33,35H,10H2,1-2H3,(H,32,36). The summed E-state index contributed by atoms with van der Waals surface area (Å²) >= 11 is 6.77. The number of halogens is 6. The number of anilines is 1. The van der Waals surface area contributed by atoms with Gasteiger partial charge in [-0.3, -0.25) is 4.79 Å². The van der Waals surface area contributed by atoms with Crippen molar-refractivity contribution in [1.82, 2.24) is 19.3 Å². The minimum absolute atomic E-state index is 0.0824. The summed E-state index contributed by atoms with van der Waals surface area (Å²) in [6.07, 6.45) is -6.72. The Morgan fingerprint density at radius 2 is 1.82 bits per heavy atom. The number of benzene rings is 1. The number of carbonyl (C=O) groups is 1. The van der Waals surface area contributed by atoms with Crippen LogP contribution in [0.3, 0.4) is 0 Å². The number of aromatic nitrogens is 3. The number of aliphatic hydroxyl groups excluding tert-OH is 1. The molecule has 0 radical (unpaired) electrons. The summed E-state index contributed by atoms with van der Waals surface area (Å²) in [5, 5.41) is 15.6. The minimum atomic E-state index is -4.60. The molecule has 1 amide bonds. The third-order valence-corrected chi connectivity index (χ3v) is 8.99. The van der Waals surface area contributed by atoms with Gasteiger partial charge in [-0.05, 0) is 38.1 Å². The van der Waals surface area contributed by atoms with E-state index in [0.717, 1.165) is 47.1 Å². The van der Waals surface area contributed by atoms with Crippen LogP contribution in [0.5, 0.6) is 0 Å². The van der Waals surface area contributed by atoms with Gasteiger partial charge in [0, 0.05) is 5.56 Å². The smallest absolute Gasteiger partial charge is 0.394 e. The fraction of sp³-hybridized carbons (Fsp3) is 0.261. The molecule has 0 atom stereocenters. The largest absolute Gasteiger partial charge is 0.416 e. The molecule has 0 aliphatic heterocycles. The Morgan fingerprint density at radius 3 is 2.40 bits per heavy atom. The molecule has 4 rings (SSSR count). The van der Waals surface area contributed by atoms with E-state index in [0.29, 0.717) is 11.3 Å². The van der Waals surface area contributed by atoms with Gasteiger partial charge in [0.05, 0.1) is 35.3 Å². The summed E-state index contributed by atoms with van der Waals surface area (Å²) in [7, 11) is -4.13. The Balaban J connectivity index is 1.70. The Kier molecular flexibility index (Phi) is 7.94. The SMILES string of the molecule is CC(C)(CO)NS(=O)(=O)c1cc(NC(=O)c2cnn3c(C(F)F)cc(-c4ccc(C(F)(F)F)cc4)nc23)c(Cl)s1. The van der Waals surface area contributed by atoms with E-state index in [2.05, 4.69) is 20.1 Å². The second-order valence-electron chi connectivity index (χ2n) is 9.09. The summed E-state index contributed by atoms with van der Waals surface area (Å²) in [6, 6.07) is 5.70. The van der Waals surface area contributed by atoms with E-state index in [4.69, 9.17) is 11.6 Å². The number of amides is 1. The van der Waals surface area contributed by atoms with E-state index in [9.17, 15) is 40.3 Å². The molecule has 3 heterocycles. The van der Waals surface area contributed by atoms with Gasteiger partial charge in [0.2, 0.25) is 0 Å². The molecule has 17 heteroatoms. The molecular formula is C23H19ClF5N5O4S2. The van der Waals surface area contributed by atoms with Gasteiger partial charge >= 0.3 is 6.18 Å². The first-order chi connectivity index (χ1) is 18.5. The topological polar surface area (TPSA) is 126 Å². The van der Waals surface area contributed by atoms with Crippen LogP contribution in [0.4, 0.5) is 27.6 Å². The van der Waals surface area contributed by atoms with Crippen LogP contribution in [0, 0.1) is 0 Å². The Labute approximate surface area is 232 Å². The first-order valence-electron chi connectivity index (χ1n) is 11.1.